The van der Waals surface area contributed by atoms with Gasteiger partial charge in [0.1, 0.15) is 5.82 Å². The van der Waals surface area contributed by atoms with Gasteiger partial charge in [0.15, 0.2) is 0 Å². The molecule has 0 bridgehead atoms. The molecule has 3 N–H and O–H groups in total. The molecular weight excluding hydrogens is 228 g/mol. The third-order valence-electron chi connectivity index (χ3n) is 3.61. The summed E-state index contributed by atoms with van der Waals surface area (Å²) in [5.74, 6) is 0.365. The van der Waals surface area contributed by atoms with Crippen LogP contribution in [0.2, 0.25) is 0 Å². The molecule has 2 heterocycles. The number of piperidine rings is 1. The quantitative estimate of drug-likeness (QED) is 0.839. The maximum absolute atomic E-state index is 10.9. The number of nitrogens with zero attached hydrogens (tertiary/aromatic N) is 2. The molecule has 1 aliphatic rings. The Hall–Kier alpha value is -1.62. The van der Waals surface area contributed by atoms with Gasteiger partial charge in [0.05, 0.1) is 5.56 Å². The summed E-state index contributed by atoms with van der Waals surface area (Å²) < 4.78 is 0. The number of pyridine rings is 1. The topological polar surface area (TPSA) is 71.2 Å². The first kappa shape index (κ1) is 12.8. The van der Waals surface area contributed by atoms with Crippen LogP contribution in [0, 0.1) is 0 Å². The molecule has 18 heavy (non-hydrogen) atoms. The number of hydrogen-bond acceptors (Lipinski definition) is 4. The van der Waals surface area contributed by atoms with E-state index in [1.54, 1.807) is 6.07 Å². The average Bonchev–Trinajstić information content (AvgIpc) is 2.34. The Morgan fingerprint density at radius 3 is 2.89 bits per heavy atom. The molecule has 1 aliphatic heterocycles. The lowest BCUT2D eigenvalue weighted by Gasteiger charge is -2.35. The molecule has 0 aromatic carbocycles. The van der Waals surface area contributed by atoms with Crippen LogP contribution in [-0.2, 0) is 0 Å². The van der Waals surface area contributed by atoms with Crippen molar-refractivity contribution in [3.8, 4) is 0 Å². The highest BCUT2D eigenvalue weighted by Gasteiger charge is 2.22. The molecule has 1 saturated heterocycles. The van der Waals surface area contributed by atoms with Gasteiger partial charge in [0, 0.05) is 24.8 Å². The van der Waals surface area contributed by atoms with E-state index in [0.717, 1.165) is 25.2 Å². The van der Waals surface area contributed by atoms with E-state index in [4.69, 9.17) is 5.73 Å². The van der Waals surface area contributed by atoms with Crippen LogP contribution in [0.15, 0.2) is 18.3 Å². The zero-order chi connectivity index (χ0) is 13.1. The molecule has 5 heteroatoms. The lowest BCUT2D eigenvalue weighted by molar-refractivity contribution is 0.1000. The minimum Gasteiger partial charge on any atom is -0.367 e. The lowest BCUT2D eigenvalue weighted by atomic mass is 9.99. The fourth-order valence-electron chi connectivity index (χ4n) is 2.25. The van der Waals surface area contributed by atoms with E-state index in [9.17, 15) is 4.79 Å². The van der Waals surface area contributed by atoms with Gasteiger partial charge in [-0.15, -0.1) is 0 Å². The van der Waals surface area contributed by atoms with E-state index in [0.29, 0.717) is 17.6 Å². The highest BCUT2D eigenvalue weighted by atomic mass is 16.1. The number of aromatic nitrogens is 1. The van der Waals surface area contributed by atoms with Gasteiger partial charge in [-0.2, -0.15) is 0 Å². The molecule has 5 nitrogen and oxygen atoms in total. The van der Waals surface area contributed by atoms with E-state index in [1.807, 2.05) is 6.07 Å². The Morgan fingerprint density at radius 2 is 2.33 bits per heavy atom. The molecular formula is C13H20N4O. The van der Waals surface area contributed by atoms with Crippen LogP contribution in [0.25, 0.3) is 0 Å². The lowest BCUT2D eigenvalue weighted by Crippen LogP contribution is -2.42. The van der Waals surface area contributed by atoms with E-state index < -0.39 is 5.91 Å². The second kappa shape index (κ2) is 5.35. The van der Waals surface area contributed by atoms with Crippen molar-refractivity contribution in [3.63, 3.8) is 0 Å². The van der Waals surface area contributed by atoms with E-state index in [1.165, 1.54) is 6.20 Å². The third kappa shape index (κ3) is 2.98. The largest absolute Gasteiger partial charge is 0.367 e. The normalized spacial score (nSPS) is 24.8. The Bertz CT molecular complexity index is 418. The van der Waals surface area contributed by atoms with Gasteiger partial charge < -0.3 is 16.0 Å². The summed E-state index contributed by atoms with van der Waals surface area (Å²) in [5.41, 5.74) is 5.62. The standard InChI is InChI=1S/C13H20N4O/c1-9-7-11(5-6-17(9)2)16-12-4-3-10(8-15-12)13(14)18/h3-4,8-9,11H,5-7H2,1-2H3,(H2,14,18)(H,15,16). The minimum absolute atomic E-state index is 0.442. The summed E-state index contributed by atoms with van der Waals surface area (Å²) in [5, 5.41) is 3.41. The molecule has 1 amide bonds. The molecule has 0 spiro atoms. The predicted molar refractivity (Wildman–Crippen MR) is 71.5 cm³/mol. The number of carbonyl (C=O) groups excluding carboxylic acids is 1. The summed E-state index contributed by atoms with van der Waals surface area (Å²) in [6, 6.07) is 4.54. The molecule has 1 aromatic heterocycles. The van der Waals surface area contributed by atoms with Crippen LogP contribution in [0.5, 0.6) is 0 Å². The zero-order valence-electron chi connectivity index (χ0n) is 10.9. The van der Waals surface area contributed by atoms with E-state index in [-0.39, 0.29) is 0 Å². The molecule has 2 atom stereocenters. The first-order valence-electron chi connectivity index (χ1n) is 6.29. The average molecular weight is 248 g/mol. The Morgan fingerprint density at radius 1 is 1.56 bits per heavy atom. The fourth-order valence-corrected chi connectivity index (χ4v) is 2.25. The van der Waals surface area contributed by atoms with Gasteiger partial charge in [-0.05, 0) is 38.9 Å². The predicted octanol–water partition coefficient (Wildman–Crippen LogP) is 1.08. The van der Waals surface area contributed by atoms with Crippen molar-refractivity contribution >= 4 is 11.7 Å². The van der Waals surface area contributed by atoms with Crippen LogP contribution in [-0.4, -0.2) is 41.5 Å². The highest BCUT2D eigenvalue weighted by molar-refractivity contribution is 5.92. The maximum Gasteiger partial charge on any atom is 0.250 e. The molecule has 0 saturated carbocycles. The third-order valence-corrected chi connectivity index (χ3v) is 3.61. The molecule has 2 rings (SSSR count). The Labute approximate surface area is 107 Å². The summed E-state index contributed by atoms with van der Waals surface area (Å²) >= 11 is 0. The molecule has 0 radical (unpaired) electrons. The first-order chi connectivity index (χ1) is 8.56. The van der Waals surface area contributed by atoms with Crippen molar-refractivity contribution in [1.82, 2.24) is 9.88 Å². The molecule has 2 unspecified atom stereocenters. The summed E-state index contributed by atoms with van der Waals surface area (Å²) in [7, 11) is 2.15. The second-order valence-corrected chi connectivity index (χ2v) is 4.99. The maximum atomic E-state index is 10.9. The molecule has 0 aliphatic carbocycles. The number of nitrogens with one attached hydrogen (secondary N) is 1. The highest BCUT2D eigenvalue weighted by Crippen LogP contribution is 2.18. The van der Waals surface area contributed by atoms with Crippen molar-refractivity contribution in [2.24, 2.45) is 5.73 Å². The van der Waals surface area contributed by atoms with Crippen LogP contribution in [0.3, 0.4) is 0 Å². The van der Waals surface area contributed by atoms with Gasteiger partial charge in [0.25, 0.3) is 0 Å². The Kier molecular flexibility index (Phi) is 3.81. The van der Waals surface area contributed by atoms with E-state index in [2.05, 4.69) is 29.2 Å². The minimum atomic E-state index is -0.443. The number of hydrogen-bond donors (Lipinski definition) is 2. The SMILES string of the molecule is CC1CC(Nc2ccc(C(N)=O)cn2)CCN1C. The summed E-state index contributed by atoms with van der Waals surface area (Å²) in [6.07, 6.45) is 3.74. The smallest absolute Gasteiger partial charge is 0.250 e. The van der Waals surface area contributed by atoms with Crippen LogP contribution in [0.1, 0.15) is 30.1 Å². The fraction of sp³-hybridized carbons (Fsp3) is 0.538. The van der Waals surface area contributed by atoms with Gasteiger partial charge >= 0.3 is 0 Å². The summed E-state index contributed by atoms with van der Waals surface area (Å²) in [6.45, 7) is 3.33. The molecule has 1 aromatic rings. The van der Waals surface area contributed by atoms with Gasteiger partial charge in [-0.1, -0.05) is 0 Å². The molecule has 98 valence electrons. The Balaban J connectivity index is 1.95. The number of likely N-dealkylation sites (tertiary alicyclic amines) is 1. The first-order valence-corrected chi connectivity index (χ1v) is 6.29. The second-order valence-electron chi connectivity index (χ2n) is 4.99. The summed E-state index contributed by atoms with van der Waals surface area (Å²) in [4.78, 5) is 17.5. The van der Waals surface area contributed by atoms with Crippen molar-refractivity contribution in [2.75, 3.05) is 18.9 Å². The number of amides is 1. The van der Waals surface area contributed by atoms with Gasteiger partial charge in [0.2, 0.25) is 5.91 Å². The monoisotopic (exact) mass is 248 g/mol. The zero-order valence-corrected chi connectivity index (χ0v) is 10.9. The van der Waals surface area contributed by atoms with Crippen molar-refractivity contribution in [3.05, 3.63) is 23.9 Å². The van der Waals surface area contributed by atoms with Crippen LogP contribution < -0.4 is 11.1 Å². The van der Waals surface area contributed by atoms with Crippen LogP contribution >= 0.6 is 0 Å². The van der Waals surface area contributed by atoms with Gasteiger partial charge in [-0.3, -0.25) is 4.79 Å². The van der Waals surface area contributed by atoms with E-state index >= 15 is 0 Å². The van der Waals surface area contributed by atoms with Crippen molar-refractivity contribution in [1.29, 1.82) is 0 Å². The van der Waals surface area contributed by atoms with Gasteiger partial charge in [-0.25, -0.2) is 4.98 Å². The number of rotatable bonds is 3. The molecule has 1 fully saturated rings. The van der Waals surface area contributed by atoms with Crippen molar-refractivity contribution in [2.45, 2.75) is 31.8 Å². The number of carbonyl (C=O) groups is 1. The number of primary amides is 1. The van der Waals surface area contributed by atoms with Crippen LogP contribution in [0.4, 0.5) is 5.82 Å². The van der Waals surface area contributed by atoms with Crippen molar-refractivity contribution < 1.29 is 4.79 Å². The number of anilines is 1. The number of nitrogens with two attached hydrogens (primary N) is 1.